The van der Waals surface area contributed by atoms with Crippen molar-refractivity contribution in [3.63, 3.8) is 0 Å². The second kappa shape index (κ2) is 5.65. The number of benzene rings is 1. The quantitative estimate of drug-likeness (QED) is 0.847. The van der Waals surface area contributed by atoms with Crippen LogP contribution in [0.1, 0.15) is 16.1 Å². The molecule has 0 spiro atoms. The molecule has 3 rings (SSSR count). The van der Waals surface area contributed by atoms with Crippen LogP contribution in [0.2, 0.25) is 0 Å². The number of aromatic nitrogens is 2. The average molecular weight is 289 g/mol. The van der Waals surface area contributed by atoms with Gasteiger partial charge in [-0.05, 0) is 25.1 Å². The van der Waals surface area contributed by atoms with Crippen LogP contribution in [0.15, 0.2) is 30.5 Å². The number of carbonyl (C=O) groups is 1. The van der Waals surface area contributed by atoms with Crippen LogP contribution in [0.25, 0.3) is 5.69 Å². The van der Waals surface area contributed by atoms with Gasteiger partial charge in [-0.3, -0.25) is 4.79 Å². The van der Waals surface area contributed by atoms with Gasteiger partial charge in [0.15, 0.2) is 0 Å². The van der Waals surface area contributed by atoms with Gasteiger partial charge in [0.25, 0.3) is 5.91 Å². The monoisotopic (exact) mass is 289 g/mol. The first-order valence-corrected chi connectivity index (χ1v) is 6.84. The summed E-state index contributed by atoms with van der Waals surface area (Å²) in [5, 5.41) is 4.21. The predicted octanol–water partition coefficient (Wildman–Crippen LogP) is 1.79. The van der Waals surface area contributed by atoms with Crippen molar-refractivity contribution in [1.29, 1.82) is 0 Å². The van der Waals surface area contributed by atoms with Crippen LogP contribution in [-0.2, 0) is 4.74 Å². The third-order valence-electron chi connectivity index (χ3n) is 3.59. The SMILES string of the molecule is Cc1c(C(=O)N2CCOCC2)cnn1-c1cccc(F)c1. The fourth-order valence-corrected chi connectivity index (χ4v) is 2.42. The Kier molecular flexibility index (Phi) is 3.70. The maximum absolute atomic E-state index is 13.3. The summed E-state index contributed by atoms with van der Waals surface area (Å²) in [5.74, 6) is -0.387. The number of rotatable bonds is 2. The van der Waals surface area contributed by atoms with Gasteiger partial charge in [-0.15, -0.1) is 0 Å². The Labute approximate surface area is 121 Å². The van der Waals surface area contributed by atoms with Crippen molar-refractivity contribution in [3.05, 3.63) is 47.5 Å². The molecule has 1 saturated heterocycles. The van der Waals surface area contributed by atoms with Crippen molar-refractivity contribution < 1.29 is 13.9 Å². The van der Waals surface area contributed by atoms with Gasteiger partial charge in [0, 0.05) is 13.1 Å². The predicted molar refractivity (Wildman–Crippen MR) is 75.0 cm³/mol. The third kappa shape index (κ3) is 2.67. The third-order valence-corrected chi connectivity index (χ3v) is 3.59. The van der Waals surface area contributed by atoms with Gasteiger partial charge in [-0.2, -0.15) is 5.10 Å². The number of hydrogen-bond acceptors (Lipinski definition) is 3. The molecule has 2 heterocycles. The van der Waals surface area contributed by atoms with E-state index in [4.69, 9.17) is 4.74 Å². The first-order valence-electron chi connectivity index (χ1n) is 6.84. The average Bonchev–Trinajstić information content (AvgIpc) is 2.89. The van der Waals surface area contributed by atoms with Gasteiger partial charge < -0.3 is 9.64 Å². The van der Waals surface area contributed by atoms with Crippen molar-refractivity contribution in [2.45, 2.75) is 6.92 Å². The summed E-state index contributed by atoms with van der Waals surface area (Å²) in [6.07, 6.45) is 1.54. The molecule has 0 atom stereocenters. The van der Waals surface area contributed by atoms with Crippen molar-refractivity contribution in [2.24, 2.45) is 0 Å². The lowest BCUT2D eigenvalue weighted by atomic mass is 10.2. The molecule has 0 unspecified atom stereocenters. The van der Waals surface area contributed by atoms with Crippen LogP contribution in [0.4, 0.5) is 4.39 Å². The maximum atomic E-state index is 13.3. The maximum Gasteiger partial charge on any atom is 0.257 e. The van der Waals surface area contributed by atoms with Crippen LogP contribution < -0.4 is 0 Å². The minimum atomic E-state index is -0.330. The van der Waals surface area contributed by atoms with Crippen molar-refractivity contribution >= 4 is 5.91 Å². The smallest absolute Gasteiger partial charge is 0.257 e. The van der Waals surface area contributed by atoms with E-state index >= 15 is 0 Å². The molecule has 0 aliphatic carbocycles. The van der Waals surface area contributed by atoms with E-state index < -0.39 is 0 Å². The Morgan fingerprint density at radius 3 is 2.81 bits per heavy atom. The summed E-state index contributed by atoms with van der Waals surface area (Å²) >= 11 is 0. The standard InChI is InChI=1S/C15H16FN3O2/c1-11-14(15(20)18-5-7-21-8-6-18)10-17-19(11)13-4-2-3-12(16)9-13/h2-4,9-10H,5-8H2,1H3. The molecular weight excluding hydrogens is 273 g/mol. The molecule has 1 aromatic heterocycles. The molecule has 0 radical (unpaired) electrons. The van der Waals surface area contributed by atoms with E-state index in [2.05, 4.69) is 5.10 Å². The first-order chi connectivity index (χ1) is 10.2. The van der Waals surface area contributed by atoms with Crippen molar-refractivity contribution in [1.82, 2.24) is 14.7 Å². The highest BCUT2D eigenvalue weighted by Crippen LogP contribution is 2.17. The van der Waals surface area contributed by atoms with Gasteiger partial charge in [0.05, 0.1) is 36.4 Å². The number of amides is 1. The van der Waals surface area contributed by atoms with Gasteiger partial charge in [0.2, 0.25) is 0 Å². The fourth-order valence-electron chi connectivity index (χ4n) is 2.42. The summed E-state index contributed by atoms with van der Waals surface area (Å²) in [4.78, 5) is 14.2. The van der Waals surface area contributed by atoms with Crippen molar-refractivity contribution in [2.75, 3.05) is 26.3 Å². The number of ether oxygens (including phenoxy) is 1. The number of nitrogens with zero attached hydrogens (tertiary/aromatic N) is 3. The van der Waals surface area contributed by atoms with Crippen LogP contribution in [-0.4, -0.2) is 46.9 Å². The zero-order valence-electron chi connectivity index (χ0n) is 11.8. The minimum Gasteiger partial charge on any atom is -0.378 e. The summed E-state index contributed by atoms with van der Waals surface area (Å²) in [7, 11) is 0. The molecule has 5 nitrogen and oxygen atoms in total. The van der Waals surface area contributed by atoms with E-state index in [-0.39, 0.29) is 11.7 Å². The number of morpholine rings is 1. The lowest BCUT2D eigenvalue weighted by Crippen LogP contribution is -2.40. The summed E-state index contributed by atoms with van der Waals surface area (Å²) < 4.78 is 20.1. The highest BCUT2D eigenvalue weighted by molar-refractivity contribution is 5.95. The molecule has 6 heteroatoms. The molecule has 1 aromatic carbocycles. The molecule has 2 aromatic rings. The molecule has 0 saturated carbocycles. The lowest BCUT2D eigenvalue weighted by Gasteiger charge is -2.26. The van der Waals surface area contributed by atoms with E-state index in [1.165, 1.54) is 18.3 Å². The van der Waals surface area contributed by atoms with Gasteiger partial charge in [-0.25, -0.2) is 9.07 Å². The van der Waals surface area contributed by atoms with E-state index in [1.54, 1.807) is 21.7 Å². The Balaban J connectivity index is 1.90. The normalized spacial score (nSPS) is 15.2. The minimum absolute atomic E-state index is 0.0570. The van der Waals surface area contributed by atoms with E-state index in [0.29, 0.717) is 43.2 Å². The lowest BCUT2D eigenvalue weighted by molar-refractivity contribution is 0.0302. The molecule has 1 aliphatic rings. The Morgan fingerprint density at radius 2 is 2.10 bits per heavy atom. The Morgan fingerprint density at radius 1 is 1.33 bits per heavy atom. The van der Waals surface area contributed by atoms with Crippen molar-refractivity contribution in [3.8, 4) is 5.69 Å². The van der Waals surface area contributed by atoms with Crippen LogP contribution in [0, 0.1) is 12.7 Å². The first kappa shape index (κ1) is 13.8. The highest BCUT2D eigenvalue weighted by Gasteiger charge is 2.22. The second-order valence-electron chi connectivity index (χ2n) is 4.94. The van der Waals surface area contributed by atoms with E-state index in [1.807, 2.05) is 6.92 Å². The van der Waals surface area contributed by atoms with E-state index in [0.717, 1.165) is 0 Å². The van der Waals surface area contributed by atoms with Gasteiger partial charge in [0.1, 0.15) is 5.82 Å². The van der Waals surface area contributed by atoms with Crippen LogP contribution in [0.3, 0.4) is 0 Å². The Hall–Kier alpha value is -2.21. The molecule has 1 fully saturated rings. The van der Waals surface area contributed by atoms with E-state index in [9.17, 15) is 9.18 Å². The number of hydrogen-bond donors (Lipinski definition) is 0. The Bertz CT molecular complexity index is 663. The second-order valence-corrected chi connectivity index (χ2v) is 4.94. The highest BCUT2D eigenvalue weighted by atomic mass is 19.1. The molecule has 21 heavy (non-hydrogen) atoms. The summed E-state index contributed by atoms with van der Waals surface area (Å²) in [6.45, 7) is 4.10. The van der Waals surface area contributed by atoms with Crippen LogP contribution >= 0.6 is 0 Å². The zero-order chi connectivity index (χ0) is 14.8. The zero-order valence-corrected chi connectivity index (χ0v) is 11.8. The molecule has 0 bridgehead atoms. The number of halogens is 1. The topological polar surface area (TPSA) is 47.4 Å². The largest absolute Gasteiger partial charge is 0.378 e. The molecule has 1 aliphatic heterocycles. The fraction of sp³-hybridized carbons (Fsp3) is 0.333. The summed E-state index contributed by atoms with van der Waals surface area (Å²) in [6, 6.07) is 6.15. The van der Waals surface area contributed by atoms with Crippen LogP contribution in [0.5, 0.6) is 0 Å². The molecular formula is C15H16FN3O2. The molecule has 0 N–H and O–H groups in total. The molecule has 1 amide bonds. The molecule has 110 valence electrons. The van der Waals surface area contributed by atoms with Gasteiger partial charge >= 0.3 is 0 Å². The van der Waals surface area contributed by atoms with Gasteiger partial charge in [-0.1, -0.05) is 6.07 Å². The summed E-state index contributed by atoms with van der Waals surface area (Å²) in [5.41, 5.74) is 1.85. The number of carbonyl (C=O) groups excluding carboxylic acids is 1.